The van der Waals surface area contributed by atoms with Crippen LogP contribution in [0.3, 0.4) is 0 Å². The quantitative estimate of drug-likeness (QED) is 0.830. The van der Waals surface area contributed by atoms with Crippen LogP contribution in [-0.4, -0.2) is 61.7 Å². The Morgan fingerprint density at radius 1 is 1.05 bits per heavy atom. The second kappa shape index (κ2) is 7.61. The number of nitrogens with one attached hydrogen (secondary N) is 1. The summed E-state index contributed by atoms with van der Waals surface area (Å²) in [4.78, 5) is 5.27. The van der Waals surface area contributed by atoms with Crippen molar-refractivity contribution in [2.75, 3.05) is 39.8 Å². The van der Waals surface area contributed by atoms with Crippen LogP contribution in [0, 0.1) is 5.41 Å². The van der Waals surface area contributed by atoms with Crippen LogP contribution in [0.5, 0.6) is 0 Å². The van der Waals surface area contributed by atoms with Crippen molar-refractivity contribution in [1.29, 1.82) is 0 Å². The summed E-state index contributed by atoms with van der Waals surface area (Å²) in [6.07, 6.45) is 2.88. The summed E-state index contributed by atoms with van der Waals surface area (Å²) in [5.74, 6) is 0. The average Bonchev–Trinajstić information content (AvgIpc) is 3.11. The van der Waals surface area contributed by atoms with Gasteiger partial charge in [0, 0.05) is 50.2 Å². The molecule has 0 aromatic heterocycles. The minimum Gasteiger partial charge on any atom is -0.314 e. The maximum absolute atomic E-state index is 3.43. The first-order valence-electron chi connectivity index (χ1n) is 8.36. The zero-order chi connectivity index (χ0) is 14.5. The van der Waals surface area contributed by atoms with Gasteiger partial charge in [-0.3, -0.25) is 0 Å². The highest BCUT2D eigenvalue weighted by Crippen LogP contribution is 2.59. The maximum Gasteiger partial charge on any atom is 0.0171 e. The molecule has 114 valence electrons. The lowest BCUT2D eigenvalue weighted by molar-refractivity contribution is 0.194. The SMILES string of the molecule is CC.CC.CC1CC2(CN3CCNCC3)CC2N1C. The fourth-order valence-corrected chi connectivity index (χ4v) is 3.71. The second-order valence-corrected chi connectivity index (χ2v) is 5.83. The van der Waals surface area contributed by atoms with Crippen molar-refractivity contribution >= 4 is 0 Å². The normalized spacial score (nSPS) is 37.6. The molecular formula is C16H35N3. The predicted octanol–water partition coefficient (Wildman–Crippen LogP) is 2.43. The molecule has 0 aromatic carbocycles. The number of hydrogen-bond donors (Lipinski definition) is 1. The van der Waals surface area contributed by atoms with Crippen LogP contribution in [-0.2, 0) is 0 Å². The number of rotatable bonds is 2. The molecule has 19 heavy (non-hydrogen) atoms. The Morgan fingerprint density at radius 2 is 1.63 bits per heavy atom. The van der Waals surface area contributed by atoms with Crippen molar-refractivity contribution < 1.29 is 0 Å². The van der Waals surface area contributed by atoms with Crippen LogP contribution in [0.15, 0.2) is 0 Å². The van der Waals surface area contributed by atoms with E-state index in [1.54, 1.807) is 0 Å². The summed E-state index contributed by atoms with van der Waals surface area (Å²) < 4.78 is 0. The van der Waals surface area contributed by atoms with Crippen molar-refractivity contribution in [1.82, 2.24) is 15.1 Å². The molecule has 3 heteroatoms. The molecule has 2 aliphatic heterocycles. The van der Waals surface area contributed by atoms with E-state index in [4.69, 9.17) is 0 Å². The summed E-state index contributed by atoms with van der Waals surface area (Å²) in [5, 5.41) is 3.43. The molecule has 0 spiro atoms. The molecule has 1 aliphatic carbocycles. The minimum absolute atomic E-state index is 0.686. The Balaban J connectivity index is 0.000000415. The topological polar surface area (TPSA) is 18.5 Å². The number of fused-ring (bicyclic) bond motifs is 1. The molecule has 2 saturated heterocycles. The number of piperidine rings is 1. The van der Waals surface area contributed by atoms with E-state index in [0.717, 1.165) is 12.1 Å². The summed E-state index contributed by atoms with van der Waals surface area (Å²) in [6.45, 7) is 16.6. The highest BCUT2D eigenvalue weighted by atomic mass is 15.3. The fraction of sp³-hybridized carbons (Fsp3) is 1.00. The first kappa shape index (κ1) is 16.9. The lowest BCUT2D eigenvalue weighted by atomic mass is 9.99. The molecule has 3 unspecified atom stereocenters. The van der Waals surface area contributed by atoms with Crippen LogP contribution in [0.1, 0.15) is 47.5 Å². The van der Waals surface area contributed by atoms with Crippen LogP contribution in [0.25, 0.3) is 0 Å². The molecule has 1 N–H and O–H groups in total. The summed E-state index contributed by atoms with van der Waals surface area (Å²) in [5.41, 5.74) is 0.686. The van der Waals surface area contributed by atoms with Gasteiger partial charge in [0.1, 0.15) is 0 Å². The highest BCUT2D eigenvalue weighted by Gasteiger charge is 2.62. The maximum atomic E-state index is 3.43. The molecule has 0 radical (unpaired) electrons. The van der Waals surface area contributed by atoms with Crippen LogP contribution in [0.2, 0.25) is 0 Å². The first-order valence-corrected chi connectivity index (χ1v) is 8.36. The predicted molar refractivity (Wildman–Crippen MR) is 84.7 cm³/mol. The Labute approximate surface area is 120 Å². The van der Waals surface area contributed by atoms with E-state index in [2.05, 4.69) is 29.1 Å². The highest BCUT2D eigenvalue weighted by molar-refractivity contribution is 5.16. The van der Waals surface area contributed by atoms with Gasteiger partial charge in [-0.15, -0.1) is 0 Å². The molecule has 3 aliphatic rings. The van der Waals surface area contributed by atoms with E-state index in [0.29, 0.717) is 5.41 Å². The van der Waals surface area contributed by atoms with Gasteiger partial charge in [0.2, 0.25) is 0 Å². The van der Waals surface area contributed by atoms with Crippen molar-refractivity contribution in [3.05, 3.63) is 0 Å². The van der Waals surface area contributed by atoms with Crippen molar-refractivity contribution in [3.63, 3.8) is 0 Å². The van der Waals surface area contributed by atoms with Crippen molar-refractivity contribution in [2.24, 2.45) is 5.41 Å². The molecule has 0 amide bonds. The third-order valence-electron chi connectivity index (χ3n) is 4.78. The van der Waals surface area contributed by atoms with Gasteiger partial charge in [-0.05, 0) is 26.8 Å². The zero-order valence-corrected chi connectivity index (χ0v) is 14.0. The largest absolute Gasteiger partial charge is 0.314 e. The molecule has 2 heterocycles. The lowest BCUT2D eigenvalue weighted by Gasteiger charge is -2.30. The summed E-state index contributed by atoms with van der Waals surface area (Å²) >= 11 is 0. The smallest absolute Gasteiger partial charge is 0.0171 e. The molecule has 3 fully saturated rings. The number of nitrogens with zero attached hydrogens (tertiary/aromatic N) is 2. The Hall–Kier alpha value is -0.120. The summed E-state index contributed by atoms with van der Waals surface area (Å²) in [6, 6.07) is 1.72. The van der Waals surface area contributed by atoms with Gasteiger partial charge in [-0.1, -0.05) is 27.7 Å². The molecule has 0 bridgehead atoms. The molecule has 3 atom stereocenters. The van der Waals surface area contributed by atoms with Gasteiger partial charge in [0.05, 0.1) is 0 Å². The summed E-state index contributed by atoms with van der Waals surface area (Å²) in [7, 11) is 2.31. The van der Waals surface area contributed by atoms with E-state index in [1.165, 1.54) is 45.6 Å². The number of piperazine rings is 1. The fourth-order valence-electron chi connectivity index (χ4n) is 3.71. The van der Waals surface area contributed by atoms with Gasteiger partial charge in [0.15, 0.2) is 0 Å². The van der Waals surface area contributed by atoms with Crippen LogP contribution in [0.4, 0.5) is 0 Å². The monoisotopic (exact) mass is 269 g/mol. The Bertz CT molecular complexity index is 250. The lowest BCUT2D eigenvalue weighted by Crippen LogP contribution is -2.45. The van der Waals surface area contributed by atoms with Crippen LogP contribution < -0.4 is 5.32 Å². The minimum atomic E-state index is 0.686. The van der Waals surface area contributed by atoms with Crippen LogP contribution >= 0.6 is 0 Å². The van der Waals surface area contributed by atoms with Gasteiger partial charge in [0.25, 0.3) is 0 Å². The average molecular weight is 269 g/mol. The Morgan fingerprint density at radius 3 is 2.11 bits per heavy atom. The van der Waals surface area contributed by atoms with E-state index in [9.17, 15) is 0 Å². The van der Waals surface area contributed by atoms with E-state index >= 15 is 0 Å². The third kappa shape index (κ3) is 3.71. The van der Waals surface area contributed by atoms with E-state index in [1.807, 2.05) is 27.7 Å². The molecular weight excluding hydrogens is 234 g/mol. The van der Waals surface area contributed by atoms with E-state index < -0.39 is 0 Å². The van der Waals surface area contributed by atoms with E-state index in [-0.39, 0.29) is 0 Å². The van der Waals surface area contributed by atoms with Crippen molar-refractivity contribution in [3.8, 4) is 0 Å². The van der Waals surface area contributed by atoms with Gasteiger partial charge in [-0.2, -0.15) is 0 Å². The Kier molecular flexibility index (Phi) is 6.78. The molecule has 1 saturated carbocycles. The second-order valence-electron chi connectivity index (χ2n) is 5.83. The van der Waals surface area contributed by atoms with Gasteiger partial charge in [-0.25, -0.2) is 0 Å². The van der Waals surface area contributed by atoms with Gasteiger partial charge < -0.3 is 15.1 Å². The number of hydrogen-bond acceptors (Lipinski definition) is 3. The molecule has 3 rings (SSSR count). The molecule has 0 aromatic rings. The van der Waals surface area contributed by atoms with Gasteiger partial charge >= 0.3 is 0 Å². The first-order chi connectivity index (χ1) is 9.21. The number of likely N-dealkylation sites (tertiary alicyclic amines) is 1. The third-order valence-corrected chi connectivity index (χ3v) is 4.78. The molecule has 3 nitrogen and oxygen atoms in total. The zero-order valence-electron chi connectivity index (χ0n) is 14.0. The van der Waals surface area contributed by atoms with Crippen molar-refractivity contribution in [2.45, 2.75) is 59.5 Å². The standard InChI is InChI=1S/C12H23N3.2C2H6/c1-10-7-12(8-11(12)14(10)2)9-15-5-3-13-4-6-15;2*1-2/h10-11,13H,3-9H2,1-2H3;2*1-2H3.